The highest BCUT2D eigenvalue weighted by molar-refractivity contribution is 6.31. The molecule has 2 rings (SSSR count). The van der Waals surface area contributed by atoms with Crippen LogP contribution in [0.2, 0.25) is 5.02 Å². The Morgan fingerprint density at radius 2 is 2.05 bits per heavy atom. The Morgan fingerprint density at radius 1 is 1.30 bits per heavy atom. The van der Waals surface area contributed by atoms with Gasteiger partial charge in [-0.15, -0.1) is 0 Å². The van der Waals surface area contributed by atoms with Gasteiger partial charge in [-0.05, 0) is 30.3 Å². The van der Waals surface area contributed by atoms with Gasteiger partial charge in [-0.3, -0.25) is 0 Å². The fourth-order valence-electron chi connectivity index (χ4n) is 1.60. The van der Waals surface area contributed by atoms with E-state index in [0.717, 1.165) is 6.07 Å². The van der Waals surface area contributed by atoms with Crippen molar-refractivity contribution in [3.05, 3.63) is 58.4 Å². The number of rotatable bonds is 4. The molecular formula is C14H10ClFO4. The summed E-state index contributed by atoms with van der Waals surface area (Å²) in [5, 5.41) is 18.5. The zero-order valence-corrected chi connectivity index (χ0v) is 10.9. The number of aromatic hydroxyl groups is 1. The third kappa shape index (κ3) is 3.00. The van der Waals surface area contributed by atoms with Gasteiger partial charge in [0.1, 0.15) is 29.5 Å². The lowest BCUT2D eigenvalue weighted by molar-refractivity contribution is 0.0693. The van der Waals surface area contributed by atoms with E-state index in [4.69, 9.17) is 21.4 Å². The molecule has 0 unspecified atom stereocenters. The van der Waals surface area contributed by atoms with Crippen LogP contribution in [0.25, 0.3) is 0 Å². The summed E-state index contributed by atoms with van der Waals surface area (Å²) in [5.41, 5.74) is -0.110. The van der Waals surface area contributed by atoms with E-state index in [1.165, 1.54) is 30.3 Å². The third-order valence-corrected chi connectivity index (χ3v) is 3.00. The van der Waals surface area contributed by atoms with Crippen molar-refractivity contribution in [2.75, 3.05) is 0 Å². The number of benzene rings is 2. The van der Waals surface area contributed by atoms with Crippen LogP contribution < -0.4 is 4.74 Å². The molecule has 0 spiro atoms. The van der Waals surface area contributed by atoms with E-state index in [2.05, 4.69) is 0 Å². The van der Waals surface area contributed by atoms with Crippen LogP contribution in [0.5, 0.6) is 11.5 Å². The van der Waals surface area contributed by atoms with E-state index in [0.29, 0.717) is 0 Å². The van der Waals surface area contributed by atoms with Gasteiger partial charge in [0, 0.05) is 5.56 Å². The molecule has 0 aliphatic heterocycles. The summed E-state index contributed by atoms with van der Waals surface area (Å²) in [7, 11) is 0. The monoisotopic (exact) mass is 296 g/mol. The van der Waals surface area contributed by atoms with Crippen molar-refractivity contribution in [3.63, 3.8) is 0 Å². The van der Waals surface area contributed by atoms with Crippen molar-refractivity contribution in [2.24, 2.45) is 0 Å². The predicted molar refractivity (Wildman–Crippen MR) is 70.8 cm³/mol. The normalized spacial score (nSPS) is 10.3. The molecule has 4 nitrogen and oxygen atoms in total. The van der Waals surface area contributed by atoms with Gasteiger partial charge in [0.2, 0.25) is 0 Å². The SMILES string of the molecule is O=C(O)c1cc(OCc2c(F)cccc2Cl)ccc1O. The fraction of sp³-hybridized carbons (Fsp3) is 0.0714. The number of ether oxygens (including phenoxy) is 1. The minimum Gasteiger partial charge on any atom is -0.507 e. The number of hydrogen-bond donors (Lipinski definition) is 2. The van der Waals surface area contributed by atoms with E-state index < -0.39 is 11.8 Å². The maximum Gasteiger partial charge on any atom is 0.339 e. The first-order valence-corrected chi connectivity index (χ1v) is 5.99. The second kappa shape index (κ2) is 5.79. The number of halogens is 2. The molecule has 104 valence electrons. The molecule has 0 aromatic heterocycles. The van der Waals surface area contributed by atoms with Crippen molar-refractivity contribution in [3.8, 4) is 11.5 Å². The maximum atomic E-state index is 13.5. The molecule has 2 aromatic rings. The Morgan fingerprint density at radius 3 is 2.70 bits per heavy atom. The van der Waals surface area contributed by atoms with Crippen molar-refractivity contribution in [1.82, 2.24) is 0 Å². The minimum absolute atomic E-state index is 0.144. The molecule has 0 bridgehead atoms. The van der Waals surface area contributed by atoms with Gasteiger partial charge in [0.25, 0.3) is 0 Å². The highest BCUT2D eigenvalue weighted by Crippen LogP contribution is 2.25. The van der Waals surface area contributed by atoms with Crippen molar-refractivity contribution < 1.29 is 24.1 Å². The standard InChI is InChI=1S/C14H10ClFO4/c15-11-2-1-3-12(16)10(11)7-20-8-4-5-13(17)9(6-8)14(18)19/h1-6,17H,7H2,(H,18,19). The lowest BCUT2D eigenvalue weighted by atomic mass is 10.2. The molecule has 0 heterocycles. The zero-order chi connectivity index (χ0) is 14.7. The van der Waals surface area contributed by atoms with Crippen molar-refractivity contribution in [2.45, 2.75) is 6.61 Å². The molecule has 0 amide bonds. The van der Waals surface area contributed by atoms with Crippen LogP contribution in [0.1, 0.15) is 15.9 Å². The quantitative estimate of drug-likeness (QED) is 0.906. The van der Waals surface area contributed by atoms with Crippen LogP contribution in [-0.2, 0) is 6.61 Å². The number of aromatic carboxylic acids is 1. The second-order valence-electron chi connectivity index (χ2n) is 3.97. The Balaban J connectivity index is 2.19. The van der Waals surface area contributed by atoms with Gasteiger partial charge >= 0.3 is 5.97 Å². The van der Waals surface area contributed by atoms with Crippen molar-refractivity contribution >= 4 is 17.6 Å². The summed E-state index contributed by atoms with van der Waals surface area (Å²) in [6.07, 6.45) is 0. The van der Waals surface area contributed by atoms with Crippen LogP contribution in [0.3, 0.4) is 0 Å². The van der Waals surface area contributed by atoms with Crippen LogP contribution in [0.4, 0.5) is 4.39 Å². The molecule has 20 heavy (non-hydrogen) atoms. The lowest BCUT2D eigenvalue weighted by Gasteiger charge is -2.09. The van der Waals surface area contributed by atoms with Crippen LogP contribution >= 0.6 is 11.6 Å². The lowest BCUT2D eigenvalue weighted by Crippen LogP contribution is -2.01. The van der Waals surface area contributed by atoms with E-state index in [1.807, 2.05) is 0 Å². The average Bonchev–Trinajstić information content (AvgIpc) is 2.39. The fourth-order valence-corrected chi connectivity index (χ4v) is 1.82. The van der Waals surface area contributed by atoms with Crippen LogP contribution in [0.15, 0.2) is 36.4 Å². The first-order valence-electron chi connectivity index (χ1n) is 5.61. The minimum atomic E-state index is -1.28. The molecule has 2 aromatic carbocycles. The first kappa shape index (κ1) is 14.1. The number of carboxylic acids is 1. The van der Waals surface area contributed by atoms with Crippen LogP contribution in [0, 0.1) is 5.82 Å². The Hall–Kier alpha value is -2.27. The molecule has 0 fully saturated rings. The molecule has 0 saturated carbocycles. The van der Waals surface area contributed by atoms with Gasteiger partial charge in [0.15, 0.2) is 0 Å². The number of carbonyl (C=O) groups is 1. The largest absolute Gasteiger partial charge is 0.507 e. The highest BCUT2D eigenvalue weighted by Gasteiger charge is 2.12. The summed E-state index contributed by atoms with van der Waals surface area (Å²) in [6.45, 7) is -0.144. The Kier molecular flexibility index (Phi) is 4.10. The van der Waals surface area contributed by atoms with Gasteiger partial charge in [0.05, 0.1) is 5.02 Å². The van der Waals surface area contributed by atoms with Gasteiger partial charge in [-0.25, -0.2) is 9.18 Å². The van der Waals surface area contributed by atoms with E-state index in [1.54, 1.807) is 0 Å². The summed E-state index contributed by atoms with van der Waals surface area (Å²) in [6, 6.07) is 8.00. The average molecular weight is 297 g/mol. The first-order chi connectivity index (χ1) is 9.49. The highest BCUT2D eigenvalue weighted by atomic mass is 35.5. The topological polar surface area (TPSA) is 66.8 Å². The smallest absolute Gasteiger partial charge is 0.339 e. The van der Waals surface area contributed by atoms with Gasteiger partial charge < -0.3 is 14.9 Å². The zero-order valence-electron chi connectivity index (χ0n) is 10.1. The molecule has 0 atom stereocenters. The molecule has 0 saturated heterocycles. The summed E-state index contributed by atoms with van der Waals surface area (Å²) in [5.74, 6) is -1.96. The summed E-state index contributed by atoms with van der Waals surface area (Å²) < 4.78 is 18.8. The van der Waals surface area contributed by atoms with Crippen LogP contribution in [-0.4, -0.2) is 16.2 Å². The maximum absolute atomic E-state index is 13.5. The third-order valence-electron chi connectivity index (χ3n) is 2.64. The Bertz CT molecular complexity index is 637. The van der Waals surface area contributed by atoms with E-state index in [9.17, 15) is 14.3 Å². The number of phenols is 1. The predicted octanol–water partition coefficient (Wildman–Crippen LogP) is 3.46. The van der Waals surface area contributed by atoms with Gasteiger partial charge in [-0.1, -0.05) is 17.7 Å². The number of carboxylic acid groups (broad SMARTS) is 1. The summed E-state index contributed by atoms with van der Waals surface area (Å²) >= 11 is 5.85. The molecule has 0 aliphatic rings. The second-order valence-corrected chi connectivity index (χ2v) is 4.38. The molecule has 2 N–H and O–H groups in total. The van der Waals surface area contributed by atoms with Crippen molar-refractivity contribution in [1.29, 1.82) is 0 Å². The number of hydrogen-bond acceptors (Lipinski definition) is 3. The molecular weight excluding hydrogens is 287 g/mol. The molecule has 6 heteroatoms. The molecule has 0 aliphatic carbocycles. The Labute approximate surface area is 119 Å². The molecule has 0 radical (unpaired) electrons. The van der Waals surface area contributed by atoms with E-state index in [-0.39, 0.29) is 34.3 Å². The summed E-state index contributed by atoms with van der Waals surface area (Å²) in [4.78, 5) is 10.9. The van der Waals surface area contributed by atoms with E-state index >= 15 is 0 Å². The van der Waals surface area contributed by atoms with Gasteiger partial charge in [-0.2, -0.15) is 0 Å².